The zero-order valence-electron chi connectivity index (χ0n) is 12.2. The minimum absolute atomic E-state index is 0.00498. The van der Waals surface area contributed by atoms with E-state index in [0.29, 0.717) is 31.4 Å². The van der Waals surface area contributed by atoms with Crippen LogP contribution in [-0.2, 0) is 9.53 Å². The molecular weight excluding hydrogens is 268 g/mol. The molecule has 21 heavy (non-hydrogen) atoms. The van der Waals surface area contributed by atoms with Crippen LogP contribution >= 0.6 is 0 Å². The Balaban J connectivity index is 1.86. The summed E-state index contributed by atoms with van der Waals surface area (Å²) in [7, 11) is 0. The van der Waals surface area contributed by atoms with Crippen LogP contribution in [0.2, 0.25) is 0 Å². The molecule has 1 aliphatic heterocycles. The summed E-state index contributed by atoms with van der Waals surface area (Å²) in [4.78, 5) is 25.7. The van der Waals surface area contributed by atoms with Crippen LogP contribution in [0, 0.1) is 6.92 Å². The zero-order chi connectivity index (χ0) is 14.8. The lowest BCUT2D eigenvalue weighted by Crippen LogP contribution is -2.54. The highest BCUT2D eigenvalue weighted by Gasteiger charge is 2.34. The summed E-state index contributed by atoms with van der Waals surface area (Å²) in [5.74, 6) is -0.00498. The summed E-state index contributed by atoms with van der Waals surface area (Å²) in [6, 6.07) is 5.70. The third-order valence-corrected chi connectivity index (χ3v) is 3.97. The van der Waals surface area contributed by atoms with E-state index in [1.54, 1.807) is 0 Å². The molecule has 0 radical (unpaired) electrons. The third-order valence-electron chi connectivity index (χ3n) is 3.97. The highest BCUT2D eigenvalue weighted by Crippen LogP contribution is 2.26. The molecule has 5 heteroatoms. The number of nitrogens with one attached hydrogen (secondary N) is 1. The fourth-order valence-corrected chi connectivity index (χ4v) is 2.66. The maximum Gasteiger partial charge on any atom is 0.245 e. The van der Waals surface area contributed by atoms with Crippen LogP contribution < -0.4 is 10.2 Å². The number of carbonyl (C=O) groups is 2. The van der Waals surface area contributed by atoms with Crippen LogP contribution in [0.15, 0.2) is 18.2 Å². The first-order chi connectivity index (χ1) is 10.2. The molecule has 1 aromatic rings. The summed E-state index contributed by atoms with van der Waals surface area (Å²) in [6.45, 7) is 3.50. The number of aldehydes is 1. The van der Waals surface area contributed by atoms with Gasteiger partial charge in [-0.05, 0) is 31.9 Å². The van der Waals surface area contributed by atoms with E-state index in [2.05, 4.69) is 5.32 Å². The quantitative estimate of drug-likeness (QED) is 0.848. The maximum atomic E-state index is 12.4. The normalized spacial score (nSPS) is 22.0. The molecule has 2 fully saturated rings. The number of hydrogen-bond donors (Lipinski definition) is 1. The molecule has 1 N–H and O–H groups in total. The Kier molecular flexibility index (Phi) is 3.92. The summed E-state index contributed by atoms with van der Waals surface area (Å²) < 4.78 is 5.46. The minimum Gasteiger partial charge on any atom is -0.377 e. The molecule has 1 heterocycles. The summed E-state index contributed by atoms with van der Waals surface area (Å²) in [5.41, 5.74) is 2.48. The maximum absolute atomic E-state index is 12.4. The second-order valence-electron chi connectivity index (χ2n) is 5.75. The highest BCUT2D eigenvalue weighted by atomic mass is 16.5. The molecule has 1 unspecified atom stereocenters. The van der Waals surface area contributed by atoms with Gasteiger partial charge in [0.05, 0.1) is 13.2 Å². The van der Waals surface area contributed by atoms with Crippen molar-refractivity contribution in [3.8, 4) is 0 Å². The van der Waals surface area contributed by atoms with E-state index in [4.69, 9.17) is 4.74 Å². The summed E-state index contributed by atoms with van der Waals surface area (Å²) in [6.07, 6.45) is 2.97. The zero-order valence-corrected chi connectivity index (χ0v) is 12.2. The Morgan fingerprint density at radius 3 is 2.95 bits per heavy atom. The molecule has 0 spiro atoms. The molecule has 1 amide bonds. The number of hydrogen-bond acceptors (Lipinski definition) is 4. The molecule has 0 aromatic heterocycles. The predicted molar refractivity (Wildman–Crippen MR) is 79.7 cm³/mol. The molecule has 5 nitrogen and oxygen atoms in total. The van der Waals surface area contributed by atoms with Gasteiger partial charge in [-0.3, -0.25) is 9.59 Å². The lowest BCUT2D eigenvalue weighted by molar-refractivity contribution is -0.124. The third kappa shape index (κ3) is 3.08. The number of amides is 1. The highest BCUT2D eigenvalue weighted by molar-refractivity contribution is 5.90. The van der Waals surface area contributed by atoms with Crippen molar-refractivity contribution in [3.63, 3.8) is 0 Å². The van der Waals surface area contributed by atoms with Gasteiger partial charge in [-0.25, -0.2) is 0 Å². The smallest absolute Gasteiger partial charge is 0.245 e. The topological polar surface area (TPSA) is 58.6 Å². The van der Waals surface area contributed by atoms with Crippen LogP contribution in [0.4, 0.5) is 5.69 Å². The molecular formula is C16H20N2O3. The standard InChI is InChI=1S/C16H20N2O3/c1-11-2-5-14(12(8-11)9-19)18-6-7-21-10-15(18)16(20)17-13-3-4-13/h2,5,8-9,13,15H,3-4,6-7,10H2,1H3,(H,17,20). The van der Waals surface area contributed by atoms with Crippen molar-refractivity contribution in [1.29, 1.82) is 0 Å². The fourth-order valence-electron chi connectivity index (χ4n) is 2.66. The van der Waals surface area contributed by atoms with Gasteiger partial charge >= 0.3 is 0 Å². The number of anilines is 1. The number of nitrogens with zero attached hydrogens (tertiary/aromatic N) is 1. The monoisotopic (exact) mass is 288 g/mol. The molecule has 1 saturated carbocycles. The number of carbonyl (C=O) groups excluding carboxylic acids is 2. The Bertz CT molecular complexity index is 554. The van der Waals surface area contributed by atoms with E-state index in [0.717, 1.165) is 30.4 Å². The molecule has 112 valence electrons. The van der Waals surface area contributed by atoms with Gasteiger partial charge in [0.1, 0.15) is 6.04 Å². The van der Waals surface area contributed by atoms with E-state index >= 15 is 0 Å². The number of rotatable bonds is 4. The lowest BCUT2D eigenvalue weighted by Gasteiger charge is -2.37. The van der Waals surface area contributed by atoms with Gasteiger partial charge in [0.25, 0.3) is 0 Å². The van der Waals surface area contributed by atoms with Gasteiger partial charge in [-0.15, -0.1) is 0 Å². The van der Waals surface area contributed by atoms with E-state index in [1.807, 2.05) is 30.0 Å². The predicted octanol–water partition coefficient (Wildman–Crippen LogP) is 1.29. The van der Waals surface area contributed by atoms with Gasteiger partial charge < -0.3 is 15.0 Å². The van der Waals surface area contributed by atoms with Gasteiger partial charge in [-0.1, -0.05) is 11.6 Å². The Morgan fingerprint density at radius 2 is 2.24 bits per heavy atom. The first kappa shape index (κ1) is 14.1. The second kappa shape index (κ2) is 5.85. The molecule has 0 bridgehead atoms. The minimum atomic E-state index is -0.360. The van der Waals surface area contributed by atoms with E-state index < -0.39 is 0 Å². The van der Waals surface area contributed by atoms with Crippen LogP contribution in [0.25, 0.3) is 0 Å². The molecule has 1 aliphatic carbocycles. The number of morpholine rings is 1. The van der Waals surface area contributed by atoms with Gasteiger partial charge in [0.2, 0.25) is 5.91 Å². The van der Waals surface area contributed by atoms with Crippen LogP contribution in [0.1, 0.15) is 28.8 Å². The Hall–Kier alpha value is -1.88. The fraction of sp³-hybridized carbons (Fsp3) is 0.500. The SMILES string of the molecule is Cc1ccc(N2CCOCC2C(=O)NC2CC2)c(C=O)c1. The molecule has 2 aliphatic rings. The molecule has 1 atom stereocenters. The van der Waals surface area contributed by atoms with Crippen molar-refractivity contribution in [2.45, 2.75) is 31.8 Å². The number of benzene rings is 1. The van der Waals surface area contributed by atoms with E-state index in [1.165, 1.54) is 0 Å². The molecule has 3 rings (SSSR count). The van der Waals surface area contributed by atoms with Crippen LogP contribution in [0.3, 0.4) is 0 Å². The summed E-state index contributed by atoms with van der Waals surface area (Å²) >= 11 is 0. The Labute approximate surface area is 124 Å². The van der Waals surface area contributed by atoms with Gasteiger partial charge in [0.15, 0.2) is 6.29 Å². The average molecular weight is 288 g/mol. The second-order valence-corrected chi connectivity index (χ2v) is 5.75. The largest absolute Gasteiger partial charge is 0.377 e. The van der Waals surface area contributed by atoms with E-state index in [-0.39, 0.29) is 11.9 Å². The number of aryl methyl sites for hydroxylation is 1. The van der Waals surface area contributed by atoms with E-state index in [9.17, 15) is 9.59 Å². The van der Waals surface area contributed by atoms with Crippen LogP contribution in [0.5, 0.6) is 0 Å². The van der Waals surface area contributed by atoms with Crippen molar-refractivity contribution in [2.75, 3.05) is 24.7 Å². The summed E-state index contributed by atoms with van der Waals surface area (Å²) in [5, 5.41) is 3.02. The van der Waals surface area contributed by atoms with Crippen molar-refractivity contribution < 1.29 is 14.3 Å². The Morgan fingerprint density at radius 1 is 1.43 bits per heavy atom. The van der Waals surface area contributed by atoms with Crippen molar-refractivity contribution in [1.82, 2.24) is 5.32 Å². The first-order valence-corrected chi connectivity index (χ1v) is 7.39. The molecule has 1 aromatic carbocycles. The average Bonchev–Trinajstić information content (AvgIpc) is 3.31. The van der Waals surface area contributed by atoms with Crippen LogP contribution in [-0.4, -0.2) is 44.0 Å². The van der Waals surface area contributed by atoms with Gasteiger partial charge in [0, 0.05) is 23.8 Å². The van der Waals surface area contributed by atoms with Crippen molar-refractivity contribution in [3.05, 3.63) is 29.3 Å². The first-order valence-electron chi connectivity index (χ1n) is 7.39. The van der Waals surface area contributed by atoms with Crippen molar-refractivity contribution in [2.24, 2.45) is 0 Å². The van der Waals surface area contributed by atoms with Gasteiger partial charge in [-0.2, -0.15) is 0 Å². The number of ether oxygens (including phenoxy) is 1. The lowest BCUT2D eigenvalue weighted by atomic mass is 10.1. The molecule has 1 saturated heterocycles. The van der Waals surface area contributed by atoms with Crippen molar-refractivity contribution >= 4 is 17.9 Å².